The Hall–Kier alpha value is -1.38. The highest BCUT2D eigenvalue weighted by Crippen LogP contribution is 2.26. The van der Waals surface area contributed by atoms with Crippen molar-refractivity contribution in [2.24, 2.45) is 0 Å². The van der Waals surface area contributed by atoms with Gasteiger partial charge in [-0.15, -0.1) is 0 Å². The Kier molecular flexibility index (Phi) is 3.42. The Morgan fingerprint density at radius 3 is 2.50 bits per heavy atom. The van der Waals surface area contributed by atoms with Crippen molar-refractivity contribution in [2.75, 3.05) is 17.8 Å². The summed E-state index contributed by atoms with van der Waals surface area (Å²) in [5, 5.41) is 10.7. The van der Waals surface area contributed by atoms with E-state index in [0.29, 0.717) is 13.1 Å². The summed E-state index contributed by atoms with van der Waals surface area (Å²) in [5.41, 5.74) is -0.176. The normalized spacial score (nSPS) is 16.1. The van der Waals surface area contributed by atoms with E-state index in [-0.39, 0.29) is 16.4 Å². The molecule has 1 saturated heterocycles. The molecule has 9 heteroatoms. The molecule has 0 amide bonds. The van der Waals surface area contributed by atoms with Crippen molar-refractivity contribution in [3.05, 3.63) is 33.3 Å². The smallest absolute Gasteiger partial charge is 0.271 e. The number of rotatable bonds is 4. The standard InChI is InChI=1S/C9H10ClN3O4S/c10-7-4-8(6-9(5-7)13(14)15)11-18(16,17)12-2-1-3-12/h4-6,11H,1-3H2. The summed E-state index contributed by atoms with van der Waals surface area (Å²) < 4.78 is 27.1. The number of hydrogen-bond acceptors (Lipinski definition) is 4. The number of nitrogens with one attached hydrogen (secondary N) is 1. The third-order valence-electron chi connectivity index (χ3n) is 2.50. The van der Waals surface area contributed by atoms with Crippen molar-refractivity contribution in [1.29, 1.82) is 0 Å². The van der Waals surface area contributed by atoms with Crippen LogP contribution in [0.5, 0.6) is 0 Å². The molecule has 0 aliphatic carbocycles. The number of non-ortho nitro benzene ring substituents is 1. The minimum atomic E-state index is -3.63. The average molecular weight is 292 g/mol. The van der Waals surface area contributed by atoms with Gasteiger partial charge in [0.15, 0.2) is 0 Å². The van der Waals surface area contributed by atoms with Crippen molar-refractivity contribution >= 4 is 33.2 Å². The number of nitrogens with zero attached hydrogens (tertiary/aromatic N) is 2. The van der Waals surface area contributed by atoms with Crippen LogP contribution in [0.15, 0.2) is 18.2 Å². The Morgan fingerprint density at radius 2 is 2.00 bits per heavy atom. The summed E-state index contributed by atoms with van der Waals surface area (Å²) >= 11 is 5.70. The molecule has 0 atom stereocenters. The molecule has 1 aromatic carbocycles. The number of nitro groups is 1. The van der Waals surface area contributed by atoms with Crippen LogP contribution >= 0.6 is 11.6 Å². The summed E-state index contributed by atoms with van der Waals surface area (Å²) in [6.45, 7) is 0.913. The lowest BCUT2D eigenvalue weighted by atomic mass is 10.3. The summed E-state index contributed by atoms with van der Waals surface area (Å²) in [4.78, 5) is 10.00. The molecular formula is C9H10ClN3O4S. The predicted octanol–water partition coefficient (Wildman–Crippen LogP) is 1.61. The van der Waals surface area contributed by atoms with Crippen molar-refractivity contribution in [3.63, 3.8) is 0 Å². The second-order valence-electron chi connectivity index (χ2n) is 3.81. The van der Waals surface area contributed by atoms with Crippen LogP contribution in [-0.4, -0.2) is 30.7 Å². The van der Waals surface area contributed by atoms with Gasteiger partial charge in [0.05, 0.1) is 10.6 Å². The van der Waals surface area contributed by atoms with E-state index in [1.165, 1.54) is 10.4 Å². The average Bonchev–Trinajstić information content (AvgIpc) is 2.11. The van der Waals surface area contributed by atoms with Gasteiger partial charge in [0.2, 0.25) is 0 Å². The van der Waals surface area contributed by atoms with Crippen molar-refractivity contribution < 1.29 is 13.3 Å². The zero-order valence-corrected chi connectivity index (χ0v) is 10.7. The van der Waals surface area contributed by atoms with E-state index in [9.17, 15) is 18.5 Å². The van der Waals surface area contributed by atoms with Gasteiger partial charge in [-0.05, 0) is 12.5 Å². The van der Waals surface area contributed by atoms with Gasteiger partial charge in [0, 0.05) is 30.2 Å². The molecule has 98 valence electrons. The summed E-state index contributed by atoms with van der Waals surface area (Å²) in [5.74, 6) is 0. The molecule has 0 aromatic heterocycles. The Balaban J connectivity index is 2.26. The number of anilines is 1. The lowest BCUT2D eigenvalue weighted by Crippen LogP contribution is -2.45. The quantitative estimate of drug-likeness (QED) is 0.674. The van der Waals surface area contributed by atoms with E-state index in [2.05, 4.69) is 4.72 Å². The maximum Gasteiger partial charge on any atom is 0.301 e. The first-order chi connectivity index (χ1) is 8.38. The summed E-state index contributed by atoms with van der Waals surface area (Å²) in [6.07, 6.45) is 0.816. The van der Waals surface area contributed by atoms with E-state index in [0.717, 1.165) is 18.6 Å². The SMILES string of the molecule is O=[N+]([O-])c1cc(Cl)cc(NS(=O)(=O)N2CCC2)c1. The van der Waals surface area contributed by atoms with Gasteiger partial charge in [-0.3, -0.25) is 14.8 Å². The van der Waals surface area contributed by atoms with Gasteiger partial charge in [-0.1, -0.05) is 11.6 Å². The van der Waals surface area contributed by atoms with Gasteiger partial charge >= 0.3 is 10.2 Å². The predicted molar refractivity (Wildman–Crippen MR) is 66.8 cm³/mol. The lowest BCUT2D eigenvalue weighted by molar-refractivity contribution is -0.384. The van der Waals surface area contributed by atoms with Crippen molar-refractivity contribution in [1.82, 2.24) is 4.31 Å². The maximum atomic E-state index is 11.8. The molecular weight excluding hydrogens is 282 g/mol. The van der Waals surface area contributed by atoms with Crippen LogP contribution in [0.2, 0.25) is 5.02 Å². The molecule has 2 rings (SSSR count). The topological polar surface area (TPSA) is 92.5 Å². The minimum Gasteiger partial charge on any atom is -0.271 e. The van der Waals surface area contributed by atoms with Crippen molar-refractivity contribution in [2.45, 2.75) is 6.42 Å². The molecule has 1 N–H and O–H groups in total. The summed E-state index contributed by atoms with van der Waals surface area (Å²) in [7, 11) is -3.63. The van der Waals surface area contributed by atoms with Crippen LogP contribution in [0.4, 0.5) is 11.4 Å². The summed E-state index contributed by atoms with van der Waals surface area (Å²) in [6, 6.07) is 3.61. The molecule has 1 aliphatic rings. The van der Waals surface area contributed by atoms with E-state index < -0.39 is 15.1 Å². The van der Waals surface area contributed by atoms with Crippen LogP contribution in [0.1, 0.15) is 6.42 Å². The van der Waals surface area contributed by atoms with Crippen LogP contribution in [0.25, 0.3) is 0 Å². The second-order valence-corrected chi connectivity index (χ2v) is 5.92. The van der Waals surface area contributed by atoms with Gasteiger partial charge < -0.3 is 0 Å². The fourth-order valence-corrected chi connectivity index (χ4v) is 2.99. The van der Waals surface area contributed by atoms with Crippen LogP contribution in [-0.2, 0) is 10.2 Å². The Morgan fingerprint density at radius 1 is 1.33 bits per heavy atom. The highest BCUT2D eigenvalue weighted by atomic mass is 35.5. The lowest BCUT2D eigenvalue weighted by Gasteiger charge is -2.29. The molecule has 1 fully saturated rings. The molecule has 0 unspecified atom stereocenters. The fraction of sp³-hybridized carbons (Fsp3) is 0.333. The first kappa shape index (κ1) is 13.1. The minimum absolute atomic E-state index is 0.0844. The first-order valence-corrected chi connectivity index (χ1v) is 6.93. The highest BCUT2D eigenvalue weighted by molar-refractivity contribution is 7.90. The van der Waals surface area contributed by atoms with Crippen LogP contribution in [0.3, 0.4) is 0 Å². The highest BCUT2D eigenvalue weighted by Gasteiger charge is 2.27. The van der Waals surface area contributed by atoms with E-state index >= 15 is 0 Å². The molecule has 0 radical (unpaired) electrons. The maximum absolute atomic E-state index is 11.8. The van der Waals surface area contributed by atoms with E-state index in [1.54, 1.807) is 0 Å². The fourth-order valence-electron chi connectivity index (χ4n) is 1.48. The Bertz CT molecular complexity index is 585. The molecule has 1 aliphatic heterocycles. The van der Waals surface area contributed by atoms with Gasteiger partial charge in [-0.25, -0.2) is 0 Å². The van der Waals surface area contributed by atoms with Gasteiger partial charge in [-0.2, -0.15) is 12.7 Å². The number of nitro benzene ring substituents is 1. The van der Waals surface area contributed by atoms with E-state index in [4.69, 9.17) is 11.6 Å². The van der Waals surface area contributed by atoms with Crippen LogP contribution in [0, 0.1) is 10.1 Å². The first-order valence-electron chi connectivity index (χ1n) is 5.11. The number of halogens is 1. The molecule has 0 saturated carbocycles. The molecule has 1 aromatic rings. The monoisotopic (exact) mass is 291 g/mol. The van der Waals surface area contributed by atoms with Gasteiger partial charge in [0.1, 0.15) is 0 Å². The molecule has 1 heterocycles. The third kappa shape index (κ3) is 2.71. The molecule has 0 bridgehead atoms. The number of hydrogen-bond donors (Lipinski definition) is 1. The largest absolute Gasteiger partial charge is 0.301 e. The number of benzene rings is 1. The zero-order valence-electron chi connectivity index (χ0n) is 9.17. The molecule has 0 spiro atoms. The van der Waals surface area contributed by atoms with Crippen LogP contribution < -0.4 is 4.72 Å². The second kappa shape index (κ2) is 4.71. The molecule has 7 nitrogen and oxygen atoms in total. The van der Waals surface area contributed by atoms with Crippen molar-refractivity contribution in [3.8, 4) is 0 Å². The van der Waals surface area contributed by atoms with Gasteiger partial charge in [0.25, 0.3) is 5.69 Å². The Labute approximate surface area is 109 Å². The third-order valence-corrected chi connectivity index (χ3v) is 4.25. The molecule has 18 heavy (non-hydrogen) atoms. The van der Waals surface area contributed by atoms with E-state index in [1.807, 2.05) is 0 Å². The zero-order chi connectivity index (χ0) is 13.3.